The van der Waals surface area contributed by atoms with E-state index in [0.717, 1.165) is 34.2 Å². The van der Waals surface area contributed by atoms with E-state index < -0.39 is 0 Å². The number of aromatic nitrogens is 2. The molecule has 0 unspecified atom stereocenters. The van der Waals surface area contributed by atoms with Crippen molar-refractivity contribution in [3.05, 3.63) is 76.5 Å². The minimum Gasteiger partial charge on any atom is -0.355 e. The second kappa shape index (κ2) is 7.45. The minimum atomic E-state index is 0.741. The number of nitrogens with zero attached hydrogens (tertiary/aromatic N) is 3. The molecule has 2 aromatic carbocycles. The van der Waals surface area contributed by atoms with Crippen LogP contribution in [0.25, 0.3) is 0 Å². The maximum absolute atomic E-state index is 4.55. The lowest BCUT2D eigenvalue weighted by molar-refractivity contribution is 0.880. The van der Waals surface area contributed by atoms with Gasteiger partial charge in [0, 0.05) is 29.8 Å². The fraction of sp³-hybridized carbons (Fsp3) is 0.158. The normalized spacial score (nSPS) is 10.5. The number of hydrogen-bond donors (Lipinski definition) is 1. The minimum absolute atomic E-state index is 0.741. The molecule has 24 heavy (non-hydrogen) atoms. The first-order chi connectivity index (χ1) is 11.6. The highest BCUT2D eigenvalue weighted by atomic mass is 79.9. The highest BCUT2D eigenvalue weighted by Crippen LogP contribution is 2.22. The Balaban J connectivity index is 1.80. The van der Waals surface area contributed by atoms with Crippen molar-refractivity contribution in [2.24, 2.45) is 0 Å². The molecule has 0 fully saturated rings. The van der Waals surface area contributed by atoms with Crippen LogP contribution in [0.3, 0.4) is 0 Å². The van der Waals surface area contributed by atoms with Gasteiger partial charge in [0.05, 0.1) is 0 Å². The SMILES string of the molecule is Cc1nc(Nc2cccc(Br)c2)cc(N(C)Cc2ccccc2)n1. The molecule has 0 spiro atoms. The molecule has 1 heterocycles. The molecule has 0 radical (unpaired) electrons. The van der Waals surface area contributed by atoms with Crippen LogP contribution in [0, 0.1) is 6.92 Å². The summed E-state index contributed by atoms with van der Waals surface area (Å²) in [5, 5.41) is 3.34. The molecule has 0 amide bonds. The molecule has 3 aromatic rings. The maximum atomic E-state index is 4.55. The Kier molecular flexibility index (Phi) is 5.11. The average Bonchev–Trinajstić information content (AvgIpc) is 2.55. The molecule has 0 atom stereocenters. The summed E-state index contributed by atoms with van der Waals surface area (Å²) >= 11 is 3.48. The van der Waals surface area contributed by atoms with Crippen LogP contribution in [-0.4, -0.2) is 17.0 Å². The Hall–Kier alpha value is -2.40. The summed E-state index contributed by atoms with van der Waals surface area (Å²) in [4.78, 5) is 11.2. The van der Waals surface area contributed by atoms with E-state index in [0.29, 0.717) is 0 Å². The number of hydrogen-bond acceptors (Lipinski definition) is 4. The molecule has 0 aliphatic rings. The molecular formula is C19H19BrN4. The number of anilines is 3. The van der Waals surface area contributed by atoms with E-state index in [2.05, 4.69) is 60.4 Å². The fourth-order valence-electron chi connectivity index (χ4n) is 2.46. The Bertz CT molecular complexity index is 821. The molecule has 0 saturated heterocycles. The highest BCUT2D eigenvalue weighted by Gasteiger charge is 2.08. The summed E-state index contributed by atoms with van der Waals surface area (Å²) in [6.45, 7) is 2.71. The van der Waals surface area contributed by atoms with E-state index in [4.69, 9.17) is 0 Å². The summed E-state index contributed by atoms with van der Waals surface area (Å²) < 4.78 is 1.03. The fourth-order valence-corrected chi connectivity index (χ4v) is 2.86. The Morgan fingerprint density at radius 2 is 1.79 bits per heavy atom. The van der Waals surface area contributed by atoms with Crippen molar-refractivity contribution < 1.29 is 0 Å². The van der Waals surface area contributed by atoms with Crippen LogP contribution < -0.4 is 10.2 Å². The van der Waals surface area contributed by atoms with Gasteiger partial charge in [-0.05, 0) is 30.7 Å². The standard InChI is InChI=1S/C19H19BrN4/c1-14-21-18(23-17-10-6-9-16(20)11-17)12-19(22-14)24(2)13-15-7-4-3-5-8-15/h3-12H,13H2,1-2H3,(H,21,22,23). The van der Waals surface area contributed by atoms with Gasteiger partial charge < -0.3 is 10.2 Å². The third-order valence-corrected chi connectivity index (χ3v) is 4.07. The predicted octanol–water partition coefficient (Wildman–Crippen LogP) is 4.93. The molecule has 5 heteroatoms. The van der Waals surface area contributed by atoms with E-state index in [1.165, 1.54) is 5.56 Å². The first-order valence-corrected chi connectivity index (χ1v) is 8.53. The number of rotatable bonds is 5. The van der Waals surface area contributed by atoms with Crippen LogP contribution in [0.4, 0.5) is 17.3 Å². The van der Waals surface area contributed by atoms with Gasteiger partial charge in [0.25, 0.3) is 0 Å². The van der Waals surface area contributed by atoms with E-state index in [1.54, 1.807) is 0 Å². The van der Waals surface area contributed by atoms with Gasteiger partial charge in [0.15, 0.2) is 0 Å². The molecule has 0 saturated carbocycles. The van der Waals surface area contributed by atoms with Gasteiger partial charge >= 0.3 is 0 Å². The highest BCUT2D eigenvalue weighted by molar-refractivity contribution is 9.10. The van der Waals surface area contributed by atoms with Crippen molar-refractivity contribution in [2.75, 3.05) is 17.3 Å². The third kappa shape index (κ3) is 4.32. The van der Waals surface area contributed by atoms with Crippen LogP contribution in [-0.2, 0) is 6.54 Å². The van der Waals surface area contributed by atoms with E-state index in [9.17, 15) is 0 Å². The predicted molar refractivity (Wildman–Crippen MR) is 103 cm³/mol. The Morgan fingerprint density at radius 1 is 1.00 bits per heavy atom. The summed E-state index contributed by atoms with van der Waals surface area (Å²) in [5.74, 6) is 2.42. The molecule has 3 rings (SSSR count). The van der Waals surface area contributed by atoms with Gasteiger partial charge in [0.1, 0.15) is 17.5 Å². The topological polar surface area (TPSA) is 41.1 Å². The maximum Gasteiger partial charge on any atom is 0.136 e. The quantitative estimate of drug-likeness (QED) is 0.679. The lowest BCUT2D eigenvalue weighted by atomic mass is 10.2. The molecule has 4 nitrogen and oxygen atoms in total. The largest absolute Gasteiger partial charge is 0.355 e. The first-order valence-electron chi connectivity index (χ1n) is 7.73. The van der Waals surface area contributed by atoms with Crippen LogP contribution in [0.5, 0.6) is 0 Å². The van der Waals surface area contributed by atoms with Gasteiger partial charge in [-0.25, -0.2) is 9.97 Å². The summed E-state index contributed by atoms with van der Waals surface area (Å²) in [6, 6.07) is 20.3. The number of aryl methyl sites for hydroxylation is 1. The number of halogens is 1. The Morgan fingerprint density at radius 3 is 2.54 bits per heavy atom. The molecule has 1 N–H and O–H groups in total. The lowest BCUT2D eigenvalue weighted by Crippen LogP contribution is -2.18. The van der Waals surface area contributed by atoms with Gasteiger partial charge in [-0.3, -0.25) is 0 Å². The molecule has 0 aliphatic heterocycles. The lowest BCUT2D eigenvalue weighted by Gasteiger charge is -2.19. The van der Waals surface area contributed by atoms with Crippen LogP contribution >= 0.6 is 15.9 Å². The van der Waals surface area contributed by atoms with Crippen LogP contribution in [0.1, 0.15) is 11.4 Å². The van der Waals surface area contributed by atoms with Crippen LogP contribution in [0.15, 0.2) is 65.1 Å². The van der Waals surface area contributed by atoms with Gasteiger partial charge in [-0.1, -0.05) is 52.3 Å². The molecular weight excluding hydrogens is 364 g/mol. The van der Waals surface area contributed by atoms with E-state index in [1.807, 2.05) is 50.4 Å². The number of nitrogens with one attached hydrogen (secondary N) is 1. The molecule has 122 valence electrons. The summed E-state index contributed by atoms with van der Waals surface area (Å²) in [6.07, 6.45) is 0. The van der Waals surface area contributed by atoms with Crippen molar-refractivity contribution in [1.29, 1.82) is 0 Å². The summed E-state index contributed by atoms with van der Waals surface area (Å²) in [5.41, 5.74) is 2.23. The van der Waals surface area contributed by atoms with Crippen molar-refractivity contribution in [3.8, 4) is 0 Å². The monoisotopic (exact) mass is 382 g/mol. The Labute approximate surface area is 150 Å². The van der Waals surface area contributed by atoms with Gasteiger partial charge in [-0.2, -0.15) is 0 Å². The van der Waals surface area contributed by atoms with Gasteiger partial charge in [-0.15, -0.1) is 0 Å². The van der Waals surface area contributed by atoms with Crippen LogP contribution in [0.2, 0.25) is 0 Å². The third-order valence-electron chi connectivity index (χ3n) is 3.58. The molecule has 1 aromatic heterocycles. The zero-order valence-corrected chi connectivity index (χ0v) is 15.3. The van der Waals surface area contributed by atoms with Crippen molar-refractivity contribution in [2.45, 2.75) is 13.5 Å². The zero-order chi connectivity index (χ0) is 16.9. The van der Waals surface area contributed by atoms with Crippen molar-refractivity contribution >= 4 is 33.3 Å². The van der Waals surface area contributed by atoms with Crippen molar-refractivity contribution in [1.82, 2.24) is 9.97 Å². The van der Waals surface area contributed by atoms with Gasteiger partial charge in [0.2, 0.25) is 0 Å². The van der Waals surface area contributed by atoms with Crippen molar-refractivity contribution in [3.63, 3.8) is 0 Å². The molecule has 0 aliphatic carbocycles. The van der Waals surface area contributed by atoms with E-state index >= 15 is 0 Å². The summed E-state index contributed by atoms with van der Waals surface area (Å²) in [7, 11) is 2.04. The second-order valence-corrected chi connectivity index (χ2v) is 6.55. The second-order valence-electron chi connectivity index (χ2n) is 5.64. The average molecular weight is 383 g/mol. The zero-order valence-electron chi connectivity index (χ0n) is 13.7. The smallest absolute Gasteiger partial charge is 0.136 e. The van der Waals surface area contributed by atoms with E-state index in [-0.39, 0.29) is 0 Å². The number of benzene rings is 2. The molecule has 0 bridgehead atoms. The first kappa shape index (κ1) is 16.5.